The Hall–Kier alpha value is -1.32. The molecule has 1 N–H and O–H groups in total. The molecule has 3 rings (SSSR count). The van der Waals surface area contributed by atoms with Crippen LogP contribution in [0.15, 0.2) is 35.7 Å². The molecule has 1 aliphatic rings. The SMILES string of the molecule is CCCN(CCc1cccs1)[C@H]1CCc2cccc(O)c2C1. The molecule has 22 heavy (non-hydrogen) atoms. The van der Waals surface area contributed by atoms with Gasteiger partial charge in [0.25, 0.3) is 0 Å². The minimum absolute atomic E-state index is 0.483. The Morgan fingerprint density at radius 2 is 2.14 bits per heavy atom. The van der Waals surface area contributed by atoms with Crippen LogP contribution in [0, 0.1) is 0 Å². The van der Waals surface area contributed by atoms with Crippen molar-refractivity contribution in [3.63, 3.8) is 0 Å². The quantitative estimate of drug-likeness (QED) is 0.860. The molecule has 1 aromatic heterocycles. The van der Waals surface area contributed by atoms with Crippen molar-refractivity contribution in [2.75, 3.05) is 13.1 Å². The average molecular weight is 315 g/mol. The van der Waals surface area contributed by atoms with E-state index in [0.717, 1.165) is 32.4 Å². The summed E-state index contributed by atoms with van der Waals surface area (Å²) in [4.78, 5) is 4.11. The summed E-state index contributed by atoms with van der Waals surface area (Å²) in [7, 11) is 0. The van der Waals surface area contributed by atoms with E-state index in [1.807, 2.05) is 23.5 Å². The van der Waals surface area contributed by atoms with Gasteiger partial charge in [-0.05, 0) is 67.3 Å². The van der Waals surface area contributed by atoms with Crippen LogP contribution in [0.1, 0.15) is 35.8 Å². The molecule has 2 aromatic rings. The Bertz CT molecular complexity index is 593. The Labute approximate surface area is 137 Å². The van der Waals surface area contributed by atoms with Gasteiger partial charge in [-0.25, -0.2) is 0 Å². The van der Waals surface area contributed by atoms with Gasteiger partial charge in [0, 0.05) is 17.5 Å². The van der Waals surface area contributed by atoms with E-state index in [4.69, 9.17) is 0 Å². The zero-order chi connectivity index (χ0) is 15.4. The first-order chi connectivity index (χ1) is 10.8. The normalized spacial score (nSPS) is 17.6. The maximum absolute atomic E-state index is 10.1. The number of phenolic OH excluding ortho intramolecular Hbond substituents is 1. The molecule has 1 heterocycles. The third-order valence-electron chi connectivity index (χ3n) is 4.69. The molecule has 1 aromatic carbocycles. The van der Waals surface area contributed by atoms with Crippen molar-refractivity contribution in [1.29, 1.82) is 0 Å². The highest BCUT2D eigenvalue weighted by atomic mass is 32.1. The number of phenols is 1. The lowest BCUT2D eigenvalue weighted by atomic mass is 9.86. The molecule has 0 radical (unpaired) electrons. The largest absolute Gasteiger partial charge is 0.508 e. The summed E-state index contributed by atoms with van der Waals surface area (Å²) < 4.78 is 0. The highest BCUT2D eigenvalue weighted by Crippen LogP contribution is 2.31. The smallest absolute Gasteiger partial charge is 0.119 e. The third-order valence-corrected chi connectivity index (χ3v) is 5.62. The van der Waals surface area contributed by atoms with Crippen molar-refractivity contribution in [1.82, 2.24) is 4.90 Å². The minimum Gasteiger partial charge on any atom is -0.508 e. The van der Waals surface area contributed by atoms with E-state index < -0.39 is 0 Å². The lowest BCUT2D eigenvalue weighted by Crippen LogP contribution is -2.41. The van der Waals surface area contributed by atoms with Crippen LogP contribution in [-0.4, -0.2) is 29.1 Å². The van der Waals surface area contributed by atoms with Gasteiger partial charge < -0.3 is 5.11 Å². The second-order valence-corrected chi connectivity index (χ2v) is 7.21. The molecule has 0 bridgehead atoms. The summed E-state index contributed by atoms with van der Waals surface area (Å²) in [5, 5.41) is 12.3. The number of rotatable bonds is 6. The van der Waals surface area contributed by atoms with Gasteiger partial charge in [0.05, 0.1) is 0 Å². The summed E-state index contributed by atoms with van der Waals surface area (Å²) in [5.41, 5.74) is 2.52. The first-order valence-corrected chi connectivity index (χ1v) is 9.22. The number of thiophene rings is 1. The molecule has 0 fully saturated rings. The standard InChI is InChI=1S/C19H25NOS/c1-2-11-20(12-10-17-6-4-13-22-17)16-9-8-15-5-3-7-19(21)18(15)14-16/h3-7,13,16,21H,2,8-12,14H2,1H3/t16-/m0/s1. The van der Waals surface area contributed by atoms with Crippen molar-refractivity contribution >= 4 is 11.3 Å². The molecular weight excluding hydrogens is 290 g/mol. The summed E-state index contributed by atoms with van der Waals surface area (Å²) in [6.45, 7) is 4.54. The third kappa shape index (κ3) is 3.53. The second-order valence-electron chi connectivity index (χ2n) is 6.18. The van der Waals surface area contributed by atoms with Crippen LogP contribution < -0.4 is 0 Å². The number of nitrogens with zero attached hydrogens (tertiary/aromatic N) is 1. The van der Waals surface area contributed by atoms with Gasteiger partial charge >= 0.3 is 0 Å². The predicted octanol–water partition coefficient (Wildman–Crippen LogP) is 4.27. The van der Waals surface area contributed by atoms with Gasteiger partial charge in [-0.2, -0.15) is 0 Å². The van der Waals surface area contributed by atoms with E-state index in [0.29, 0.717) is 11.8 Å². The molecular formula is C19H25NOS. The fourth-order valence-electron chi connectivity index (χ4n) is 3.54. The van der Waals surface area contributed by atoms with Crippen molar-refractivity contribution in [3.8, 4) is 5.75 Å². The molecule has 1 aliphatic carbocycles. The Balaban J connectivity index is 1.68. The van der Waals surface area contributed by atoms with Crippen LogP contribution in [0.25, 0.3) is 0 Å². The van der Waals surface area contributed by atoms with Crippen molar-refractivity contribution in [2.24, 2.45) is 0 Å². The Morgan fingerprint density at radius 3 is 2.91 bits per heavy atom. The minimum atomic E-state index is 0.483. The second kappa shape index (κ2) is 7.30. The summed E-state index contributed by atoms with van der Waals surface area (Å²) in [6.07, 6.45) is 5.62. The average Bonchev–Trinajstić information content (AvgIpc) is 3.05. The molecule has 0 unspecified atom stereocenters. The van der Waals surface area contributed by atoms with Gasteiger partial charge in [0.2, 0.25) is 0 Å². The number of fused-ring (bicyclic) bond motifs is 1. The molecule has 0 saturated carbocycles. The van der Waals surface area contributed by atoms with Crippen LogP contribution >= 0.6 is 11.3 Å². The fourth-order valence-corrected chi connectivity index (χ4v) is 4.23. The molecule has 1 atom stereocenters. The van der Waals surface area contributed by atoms with Gasteiger partial charge in [-0.3, -0.25) is 4.90 Å². The fraction of sp³-hybridized carbons (Fsp3) is 0.474. The summed E-state index contributed by atoms with van der Waals surface area (Å²) in [6, 6.07) is 10.9. The van der Waals surface area contributed by atoms with Crippen LogP contribution in [-0.2, 0) is 19.3 Å². The lowest BCUT2D eigenvalue weighted by molar-refractivity contribution is 0.181. The predicted molar refractivity (Wildman–Crippen MR) is 93.8 cm³/mol. The maximum atomic E-state index is 10.1. The van der Waals surface area contributed by atoms with Crippen molar-refractivity contribution in [3.05, 3.63) is 51.7 Å². The van der Waals surface area contributed by atoms with Crippen LogP contribution in [0.2, 0.25) is 0 Å². The number of aryl methyl sites for hydroxylation is 1. The molecule has 0 spiro atoms. The first kappa shape index (κ1) is 15.6. The highest BCUT2D eigenvalue weighted by Gasteiger charge is 2.25. The van der Waals surface area contributed by atoms with Gasteiger partial charge in [0.15, 0.2) is 0 Å². The zero-order valence-corrected chi connectivity index (χ0v) is 14.1. The lowest BCUT2D eigenvalue weighted by Gasteiger charge is -2.35. The summed E-state index contributed by atoms with van der Waals surface area (Å²) in [5.74, 6) is 0.483. The maximum Gasteiger partial charge on any atom is 0.119 e. The first-order valence-electron chi connectivity index (χ1n) is 8.34. The number of aromatic hydroxyl groups is 1. The summed E-state index contributed by atoms with van der Waals surface area (Å²) >= 11 is 1.85. The molecule has 0 amide bonds. The molecule has 118 valence electrons. The van der Waals surface area contributed by atoms with Gasteiger partial charge in [-0.15, -0.1) is 11.3 Å². The molecule has 0 aliphatic heterocycles. The van der Waals surface area contributed by atoms with Crippen LogP contribution in [0.5, 0.6) is 5.75 Å². The molecule has 3 heteroatoms. The monoisotopic (exact) mass is 315 g/mol. The zero-order valence-electron chi connectivity index (χ0n) is 13.3. The van der Waals surface area contributed by atoms with E-state index in [9.17, 15) is 5.11 Å². The number of benzene rings is 1. The van der Waals surface area contributed by atoms with Gasteiger partial charge in [0.1, 0.15) is 5.75 Å². The Morgan fingerprint density at radius 1 is 1.23 bits per heavy atom. The molecule has 2 nitrogen and oxygen atoms in total. The van der Waals surface area contributed by atoms with Crippen LogP contribution in [0.3, 0.4) is 0 Å². The van der Waals surface area contributed by atoms with E-state index >= 15 is 0 Å². The van der Waals surface area contributed by atoms with Crippen LogP contribution in [0.4, 0.5) is 0 Å². The highest BCUT2D eigenvalue weighted by molar-refractivity contribution is 7.09. The number of hydrogen-bond donors (Lipinski definition) is 1. The topological polar surface area (TPSA) is 23.5 Å². The van der Waals surface area contributed by atoms with E-state index in [1.165, 1.54) is 28.8 Å². The Kier molecular flexibility index (Phi) is 5.16. The van der Waals surface area contributed by atoms with Crippen molar-refractivity contribution in [2.45, 2.75) is 45.1 Å². The van der Waals surface area contributed by atoms with E-state index in [1.54, 1.807) is 0 Å². The van der Waals surface area contributed by atoms with E-state index in [2.05, 4.69) is 35.4 Å². The van der Waals surface area contributed by atoms with Gasteiger partial charge in [-0.1, -0.05) is 25.1 Å². The van der Waals surface area contributed by atoms with Crippen molar-refractivity contribution < 1.29 is 5.11 Å². The molecule has 0 saturated heterocycles. The van der Waals surface area contributed by atoms with E-state index in [-0.39, 0.29) is 0 Å². The number of hydrogen-bond acceptors (Lipinski definition) is 3.